The van der Waals surface area contributed by atoms with Crippen molar-refractivity contribution in [3.05, 3.63) is 64.7 Å². The van der Waals surface area contributed by atoms with Gasteiger partial charge in [0.15, 0.2) is 0 Å². The molecule has 4 rings (SSSR count). The summed E-state index contributed by atoms with van der Waals surface area (Å²) >= 11 is 0. The number of benzene rings is 2. The number of aliphatic hydroxyl groups is 1. The van der Waals surface area contributed by atoms with Crippen molar-refractivity contribution in [2.24, 2.45) is 0 Å². The molecule has 0 atom stereocenters. The highest BCUT2D eigenvalue weighted by molar-refractivity contribution is 5.77. The summed E-state index contributed by atoms with van der Waals surface area (Å²) < 4.78 is 38.9. The molecule has 0 spiro atoms. The maximum Gasteiger partial charge on any atom is 0.416 e. The van der Waals surface area contributed by atoms with E-state index >= 15 is 0 Å². The van der Waals surface area contributed by atoms with Gasteiger partial charge in [0.1, 0.15) is 0 Å². The van der Waals surface area contributed by atoms with Crippen molar-refractivity contribution in [2.75, 3.05) is 37.6 Å². The molecule has 2 heterocycles. The van der Waals surface area contributed by atoms with E-state index in [9.17, 15) is 23.1 Å². The van der Waals surface area contributed by atoms with Crippen LogP contribution in [0.1, 0.15) is 47.9 Å². The molecule has 1 N–H and O–H groups in total. The van der Waals surface area contributed by atoms with Gasteiger partial charge in [-0.05, 0) is 54.3 Å². The minimum absolute atomic E-state index is 0.0154. The van der Waals surface area contributed by atoms with Crippen molar-refractivity contribution in [1.29, 1.82) is 0 Å². The van der Waals surface area contributed by atoms with Crippen LogP contribution in [0.2, 0.25) is 0 Å². The smallest absolute Gasteiger partial charge is 0.392 e. The van der Waals surface area contributed by atoms with Gasteiger partial charge in [-0.3, -0.25) is 9.69 Å². The van der Waals surface area contributed by atoms with Gasteiger partial charge in [0.05, 0.1) is 12.2 Å². The number of alkyl halides is 3. The Labute approximate surface area is 198 Å². The lowest BCUT2D eigenvalue weighted by molar-refractivity contribution is -0.137. The summed E-state index contributed by atoms with van der Waals surface area (Å²) in [6.07, 6.45) is -0.921. The zero-order valence-electron chi connectivity index (χ0n) is 19.4. The van der Waals surface area contributed by atoms with Gasteiger partial charge < -0.3 is 14.9 Å². The molecule has 1 fully saturated rings. The SMILES string of the molecule is O=C(CCCCCN1CCN(c2cccc(C(F)(F)F)c2)CC1)N1Cc2ccc(CO)cc2C1. The number of aliphatic hydroxyl groups excluding tert-OH is 1. The number of unbranched alkanes of at least 4 members (excludes halogenated alkanes) is 2. The molecule has 0 bridgehead atoms. The number of hydrogen-bond acceptors (Lipinski definition) is 4. The van der Waals surface area contributed by atoms with Crippen molar-refractivity contribution >= 4 is 11.6 Å². The largest absolute Gasteiger partial charge is 0.416 e. The number of rotatable bonds is 8. The number of nitrogens with zero attached hydrogens (tertiary/aromatic N) is 3. The van der Waals surface area contributed by atoms with E-state index in [0.29, 0.717) is 38.3 Å². The standard InChI is InChI=1S/C26H32F3N3O2/c27-26(28,29)23-5-4-6-24(16-23)31-13-11-30(12-14-31)10-3-1-2-7-25(34)32-17-21-9-8-20(19-33)15-22(21)18-32/h4-6,8-9,15-16,33H,1-3,7,10-14,17-19H2. The Morgan fingerprint density at radius 2 is 1.68 bits per heavy atom. The highest BCUT2D eigenvalue weighted by atomic mass is 19.4. The predicted molar refractivity (Wildman–Crippen MR) is 125 cm³/mol. The van der Waals surface area contributed by atoms with E-state index in [1.54, 1.807) is 6.07 Å². The number of carbonyl (C=O) groups is 1. The Morgan fingerprint density at radius 1 is 0.912 bits per heavy atom. The number of anilines is 1. The number of piperazine rings is 1. The first kappa shape index (κ1) is 24.5. The van der Waals surface area contributed by atoms with Gasteiger partial charge in [0.25, 0.3) is 0 Å². The molecule has 34 heavy (non-hydrogen) atoms. The molecule has 1 amide bonds. The van der Waals surface area contributed by atoms with Gasteiger partial charge >= 0.3 is 6.18 Å². The summed E-state index contributed by atoms with van der Waals surface area (Å²) in [5, 5.41) is 9.28. The van der Waals surface area contributed by atoms with E-state index in [1.165, 1.54) is 12.1 Å². The minimum atomic E-state index is -4.32. The zero-order valence-corrected chi connectivity index (χ0v) is 19.4. The lowest BCUT2D eigenvalue weighted by Gasteiger charge is -2.36. The topological polar surface area (TPSA) is 47.0 Å². The molecule has 0 aliphatic carbocycles. The molecule has 2 aliphatic rings. The summed E-state index contributed by atoms with van der Waals surface area (Å²) in [5.74, 6) is 0.177. The Kier molecular flexibility index (Phi) is 7.78. The average Bonchev–Trinajstić information content (AvgIpc) is 3.27. The summed E-state index contributed by atoms with van der Waals surface area (Å²) in [6.45, 7) is 5.33. The zero-order chi connectivity index (χ0) is 24.1. The summed E-state index contributed by atoms with van der Waals surface area (Å²) in [4.78, 5) is 18.8. The lowest BCUT2D eigenvalue weighted by atomic mass is 10.1. The Hall–Kier alpha value is -2.58. The number of halogens is 3. The normalized spacial score (nSPS) is 16.7. The molecule has 0 radical (unpaired) electrons. The lowest BCUT2D eigenvalue weighted by Crippen LogP contribution is -2.46. The third-order valence-electron chi connectivity index (χ3n) is 6.80. The Balaban J connectivity index is 1.12. The third kappa shape index (κ3) is 6.10. The van der Waals surface area contributed by atoms with Crippen LogP contribution in [0.3, 0.4) is 0 Å². The molecule has 0 aromatic heterocycles. The fraction of sp³-hybridized carbons (Fsp3) is 0.500. The second kappa shape index (κ2) is 10.8. The van der Waals surface area contributed by atoms with E-state index in [1.807, 2.05) is 28.0 Å². The highest BCUT2D eigenvalue weighted by Crippen LogP contribution is 2.32. The maximum atomic E-state index is 13.0. The third-order valence-corrected chi connectivity index (χ3v) is 6.80. The van der Waals surface area contributed by atoms with E-state index < -0.39 is 11.7 Å². The second-order valence-electron chi connectivity index (χ2n) is 9.20. The fourth-order valence-electron chi connectivity index (χ4n) is 4.78. The number of hydrogen-bond donors (Lipinski definition) is 1. The van der Waals surface area contributed by atoms with Crippen LogP contribution in [-0.4, -0.2) is 53.5 Å². The first-order valence-electron chi connectivity index (χ1n) is 12.0. The molecule has 2 aromatic carbocycles. The van der Waals surface area contributed by atoms with E-state index in [4.69, 9.17) is 0 Å². The number of carbonyl (C=O) groups excluding carboxylic acids is 1. The molecular weight excluding hydrogens is 443 g/mol. The summed E-state index contributed by atoms with van der Waals surface area (Å²) in [6, 6.07) is 11.4. The summed E-state index contributed by atoms with van der Waals surface area (Å²) in [5.41, 5.74) is 3.20. The van der Waals surface area contributed by atoms with Gasteiger partial charge in [0, 0.05) is 51.4 Å². The van der Waals surface area contributed by atoms with Crippen LogP contribution >= 0.6 is 0 Å². The van der Waals surface area contributed by atoms with E-state index in [0.717, 1.165) is 61.7 Å². The molecule has 2 aliphatic heterocycles. The first-order chi connectivity index (χ1) is 16.3. The van der Waals surface area contributed by atoms with Crippen molar-refractivity contribution in [1.82, 2.24) is 9.80 Å². The van der Waals surface area contributed by atoms with Crippen LogP contribution in [-0.2, 0) is 30.7 Å². The molecule has 184 valence electrons. The van der Waals surface area contributed by atoms with Crippen molar-refractivity contribution in [2.45, 2.75) is 51.6 Å². The van der Waals surface area contributed by atoms with Crippen LogP contribution in [0.25, 0.3) is 0 Å². The van der Waals surface area contributed by atoms with Crippen LogP contribution in [0.15, 0.2) is 42.5 Å². The van der Waals surface area contributed by atoms with Gasteiger partial charge in [-0.2, -0.15) is 13.2 Å². The maximum absolute atomic E-state index is 13.0. The van der Waals surface area contributed by atoms with Gasteiger partial charge in [-0.25, -0.2) is 0 Å². The summed E-state index contributed by atoms with van der Waals surface area (Å²) in [7, 11) is 0. The molecule has 1 saturated heterocycles. The van der Waals surface area contributed by atoms with Crippen LogP contribution in [0.5, 0.6) is 0 Å². The number of amides is 1. The number of fused-ring (bicyclic) bond motifs is 1. The van der Waals surface area contributed by atoms with Gasteiger partial charge in [-0.15, -0.1) is 0 Å². The molecule has 8 heteroatoms. The van der Waals surface area contributed by atoms with E-state index in [2.05, 4.69) is 4.90 Å². The predicted octanol–water partition coefficient (Wildman–Crippen LogP) is 4.42. The van der Waals surface area contributed by atoms with Crippen molar-refractivity contribution < 1.29 is 23.1 Å². The molecule has 0 saturated carbocycles. The Morgan fingerprint density at radius 3 is 2.41 bits per heavy atom. The quantitative estimate of drug-likeness (QED) is 0.574. The van der Waals surface area contributed by atoms with Crippen LogP contribution in [0.4, 0.5) is 18.9 Å². The highest BCUT2D eigenvalue weighted by Gasteiger charge is 2.31. The van der Waals surface area contributed by atoms with Crippen molar-refractivity contribution in [3.63, 3.8) is 0 Å². The molecule has 2 aromatic rings. The van der Waals surface area contributed by atoms with Crippen molar-refractivity contribution in [3.8, 4) is 0 Å². The molecular formula is C26H32F3N3O2. The molecule has 0 unspecified atom stereocenters. The van der Waals surface area contributed by atoms with Crippen LogP contribution in [0, 0.1) is 0 Å². The van der Waals surface area contributed by atoms with E-state index in [-0.39, 0.29) is 12.5 Å². The monoisotopic (exact) mass is 475 g/mol. The molecule has 5 nitrogen and oxygen atoms in total. The van der Waals surface area contributed by atoms with Gasteiger partial charge in [0.2, 0.25) is 5.91 Å². The van der Waals surface area contributed by atoms with Gasteiger partial charge in [-0.1, -0.05) is 30.7 Å². The van der Waals surface area contributed by atoms with Crippen LogP contribution < -0.4 is 4.90 Å². The minimum Gasteiger partial charge on any atom is -0.392 e. The second-order valence-corrected chi connectivity index (χ2v) is 9.20. The fourth-order valence-corrected chi connectivity index (χ4v) is 4.78. The first-order valence-corrected chi connectivity index (χ1v) is 12.0. The average molecular weight is 476 g/mol. The Bertz CT molecular complexity index is 987.